The van der Waals surface area contributed by atoms with Gasteiger partial charge in [0.15, 0.2) is 0 Å². The van der Waals surface area contributed by atoms with Gasteiger partial charge in [-0.05, 0) is 19.3 Å². The van der Waals surface area contributed by atoms with Crippen LogP contribution in [-0.4, -0.2) is 60.8 Å². The zero-order valence-electron chi connectivity index (χ0n) is 10.2. The van der Waals surface area contributed by atoms with Crippen LogP contribution < -0.4 is 5.32 Å². The Bertz CT molecular complexity index is 302. The predicted molar refractivity (Wildman–Crippen MR) is 59.8 cm³/mol. The van der Waals surface area contributed by atoms with Crippen molar-refractivity contribution in [1.29, 1.82) is 0 Å². The van der Waals surface area contributed by atoms with E-state index in [1.54, 1.807) is 0 Å². The number of carbonyl (C=O) groups is 1. The van der Waals surface area contributed by atoms with Crippen molar-refractivity contribution < 1.29 is 18.0 Å². The molecule has 1 atom stereocenters. The van der Waals surface area contributed by atoms with Crippen molar-refractivity contribution in [1.82, 2.24) is 15.1 Å². The fraction of sp³-hybridized carbons (Fsp3) is 0.909. The van der Waals surface area contributed by atoms with Crippen LogP contribution in [0, 0.1) is 0 Å². The molecule has 0 radical (unpaired) electrons. The smallest absolute Gasteiger partial charge is 0.319 e. The zero-order valence-corrected chi connectivity index (χ0v) is 10.2. The number of piperidine rings is 1. The molecule has 4 nitrogen and oxygen atoms in total. The summed E-state index contributed by atoms with van der Waals surface area (Å²) in [7, 11) is 0. The Kier molecular flexibility index (Phi) is 4.11. The monoisotopic (exact) mass is 265 g/mol. The van der Waals surface area contributed by atoms with Crippen molar-refractivity contribution in [3.63, 3.8) is 0 Å². The van der Waals surface area contributed by atoms with E-state index in [0.717, 1.165) is 24.4 Å². The van der Waals surface area contributed by atoms with Crippen molar-refractivity contribution in [3.8, 4) is 0 Å². The lowest BCUT2D eigenvalue weighted by molar-refractivity contribution is -0.193. The summed E-state index contributed by atoms with van der Waals surface area (Å²) in [5.74, 6) is -1.69. The van der Waals surface area contributed by atoms with Gasteiger partial charge in [0, 0.05) is 32.7 Å². The summed E-state index contributed by atoms with van der Waals surface area (Å²) >= 11 is 0. The second-order valence-corrected chi connectivity index (χ2v) is 4.76. The van der Waals surface area contributed by atoms with E-state index in [0.29, 0.717) is 25.9 Å². The number of halogens is 3. The number of hydrogen-bond donors (Lipinski definition) is 1. The van der Waals surface area contributed by atoms with Crippen molar-refractivity contribution >= 4 is 5.91 Å². The van der Waals surface area contributed by atoms with E-state index in [4.69, 9.17) is 0 Å². The maximum Gasteiger partial charge on any atom is 0.471 e. The van der Waals surface area contributed by atoms with Gasteiger partial charge in [0.05, 0.1) is 6.17 Å². The lowest BCUT2D eigenvalue weighted by Gasteiger charge is -2.44. The van der Waals surface area contributed by atoms with Crippen LogP contribution in [0.25, 0.3) is 0 Å². The number of nitrogens with zero attached hydrogens (tertiary/aromatic N) is 2. The molecule has 0 aliphatic carbocycles. The molecule has 0 bridgehead atoms. The van der Waals surface area contributed by atoms with Gasteiger partial charge in [0.2, 0.25) is 0 Å². The summed E-state index contributed by atoms with van der Waals surface area (Å²) in [5.41, 5.74) is 0. The first kappa shape index (κ1) is 13.6. The maximum absolute atomic E-state index is 12.6. The first-order valence-corrected chi connectivity index (χ1v) is 6.33. The highest BCUT2D eigenvalue weighted by molar-refractivity contribution is 5.82. The van der Waals surface area contributed by atoms with Crippen LogP contribution in [0.5, 0.6) is 0 Å². The summed E-state index contributed by atoms with van der Waals surface area (Å²) < 4.78 is 37.7. The van der Waals surface area contributed by atoms with E-state index >= 15 is 0 Å². The summed E-state index contributed by atoms with van der Waals surface area (Å²) in [4.78, 5) is 14.4. The van der Waals surface area contributed by atoms with Crippen LogP contribution in [0.2, 0.25) is 0 Å². The van der Waals surface area contributed by atoms with E-state index in [9.17, 15) is 18.0 Å². The lowest BCUT2D eigenvalue weighted by atomic mass is 10.1. The van der Waals surface area contributed by atoms with Crippen LogP contribution >= 0.6 is 0 Å². The van der Waals surface area contributed by atoms with Crippen LogP contribution in [0.15, 0.2) is 0 Å². The number of rotatable bonds is 1. The topological polar surface area (TPSA) is 35.6 Å². The van der Waals surface area contributed by atoms with E-state index in [1.165, 1.54) is 0 Å². The molecule has 2 heterocycles. The van der Waals surface area contributed by atoms with Crippen molar-refractivity contribution in [3.05, 3.63) is 0 Å². The molecule has 1 N–H and O–H groups in total. The molecule has 0 aromatic carbocycles. The van der Waals surface area contributed by atoms with E-state index < -0.39 is 12.1 Å². The summed E-state index contributed by atoms with van der Waals surface area (Å²) in [6.07, 6.45) is -2.96. The molecule has 0 aromatic heterocycles. The number of nitrogens with one attached hydrogen (secondary N) is 1. The number of carbonyl (C=O) groups excluding carboxylic acids is 1. The summed E-state index contributed by atoms with van der Waals surface area (Å²) in [6.45, 7) is 3.15. The van der Waals surface area contributed by atoms with Gasteiger partial charge in [-0.25, -0.2) is 0 Å². The van der Waals surface area contributed by atoms with Gasteiger partial charge >= 0.3 is 12.1 Å². The minimum atomic E-state index is -4.76. The van der Waals surface area contributed by atoms with Crippen LogP contribution in [-0.2, 0) is 4.79 Å². The molecule has 104 valence electrons. The largest absolute Gasteiger partial charge is 0.471 e. The Morgan fingerprint density at radius 1 is 1.11 bits per heavy atom. The third kappa shape index (κ3) is 2.95. The molecule has 2 aliphatic rings. The second kappa shape index (κ2) is 5.44. The first-order chi connectivity index (χ1) is 8.50. The molecular formula is C11H18F3N3O. The molecular weight excluding hydrogens is 247 g/mol. The average Bonchev–Trinajstić information content (AvgIpc) is 2.38. The van der Waals surface area contributed by atoms with E-state index in [1.807, 2.05) is 4.90 Å². The van der Waals surface area contributed by atoms with Gasteiger partial charge in [0.1, 0.15) is 0 Å². The SMILES string of the molecule is O=C(N1CCCCC1N1CCNCC1)C(F)(F)F. The quantitative estimate of drug-likeness (QED) is 0.761. The van der Waals surface area contributed by atoms with Gasteiger partial charge in [-0.2, -0.15) is 13.2 Å². The molecule has 0 saturated carbocycles. The molecule has 0 spiro atoms. The van der Waals surface area contributed by atoms with Crippen molar-refractivity contribution in [2.24, 2.45) is 0 Å². The highest BCUT2D eigenvalue weighted by Crippen LogP contribution is 2.26. The Hall–Kier alpha value is -0.820. The average molecular weight is 265 g/mol. The van der Waals surface area contributed by atoms with Crippen molar-refractivity contribution in [2.45, 2.75) is 31.6 Å². The highest BCUT2D eigenvalue weighted by Gasteiger charge is 2.46. The molecule has 1 amide bonds. The highest BCUT2D eigenvalue weighted by atomic mass is 19.4. The molecule has 1 unspecified atom stereocenters. The Morgan fingerprint density at radius 2 is 1.78 bits per heavy atom. The van der Waals surface area contributed by atoms with Crippen LogP contribution in [0.4, 0.5) is 13.2 Å². The number of alkyl halides is 3. The lowest BCUT2D eigenvalue weighted by Crippen LogP contribution is -2.60. The molecule has 18 heavy (non-hydrogen) atoms. The molecule has 2 rings (SSSR count). The van der Waals surface area contributed by atoms with Gasteiger partial charge < -0.3 is 10.2 Å². The predicted octanol–water partition coefficient (Wildman–Crippen LogP) is 0.792. The number of amides is 1. The third-order valence-corrected chi connectivity index (χ3v) is 3.55. The number of hydrogen-bond acceptors (Lipinski definition) is 3. The van der Waals surface area contributed by atoms with Crippen molar-refractivity contribution in [2.75, 3.05) is 32.7 Å². The molecule has 2 saturated heterocycles. The van der Waals surface area contributed by atoms with E-state index in [-0.39, 0.29) is 12.7 Å². The maximum atomic E-state index is 12.6. The van der Waals surface area contributed by atoms with Gasteiger partial charge in [-0.15, -0.1) is 0 Å². The minimum Gasteiger partial charge on any atom is -0.319 e. The van der Waals surface area contributed by atoms with Gasteiger partial charge in [0.25, 0.3) is 0 Å². The zero-order chi connectivity index (χ0) is 13.2. The van der Waals surface area contributed by atoms with Gasteiger partial charge in [-0.1, -0.05) is 0 Å². The minimum absolute atomic E-state index is 0.215. The molecule has 0 aromatic rings. The number of piperazine rings is 1. The third-order valence-electron chi connectivity index (χ3n) is 3.55. The van der Waals surface area contributed by atoms with Gasteiger partial charge in [-0.3, -0.25) is 9.69 Å². The number of likely N-dealkylation sites (tertiary alicyclic amines) is 1. The summed E-state index contributed by atoms with van der Waals surface area (Å²) in [5, 5.41) is 3.16. The first-order valence-electron chi connectivity index (χ1n) is 6.33. The van der Waals surface area contributed by atoms with Crippen LogP contribution in [0.1, 0.15) is 19.3 Å². The molecule has 7 heteroatoms. The second-order valence-electron chi connectivity index (χ2n) is 4.76. The summed E-state index contributed by atoms with van der Waals surface area (Å²) in [6, 6.07) is 0. The Morgan fingerprint density at radius 3 is 2.39 bits per heavy atom. The fourth-order valence-corrected chi connectivity index (χ4v) is 2.67. The molecule has 2 aliphatic heterocycles. The Labute approximate surface area is 104 Å². The Balaban J connectivity index is 2.07. The fourth-order valence-electron chi connectivity index (χ4n) is 2.67. The van der Waals surface area contributed by atoms with Crippen LogP contribution in [0.3, 0.4) is 0 Å². The standard InChI is InChI=1S/C11H18F3N3O/c12-11(13,14)10(18)17-6-2-1-3-9(17)16-7-4-15-5-8-16/h9,15H,1-8H2. The molecule has 2 fully saturated rings. The normalized spacial score (nSPS) is 27.3. The van der Waals surface area contributed by atoms with E-state index in [2.05, 4.69) is 5.32 Å².